The molecule has 0 saturated carbocycles. The van der Waals surface area contributed by atoms with Crippen molar-refractivity contribution in [2.75, 3.05) is 0 Å². The van der Waals surface area contributed by atoms with Crippen LogP contribution in [0.1, 0.15) is 5.56 Å². The number of furan rings is 1. The Morgan fingerprint density at radius 1 is 0.471 bits per heavy atom. The number of benzene rings is 7. The number of para-hydroxylation sites is 3. The van der Waals surface area contributed by atoms with Crippen molar-refractivity contribution in [2.45, 2.75) is 6.92 Å². The fourth-order valence-corrected chi connectivity index (χ4v) is 7.45. The minimum Gasteiger partial charge on any atom is -0.455 e. The average molecular weight is 654 g/mol. The maximum absolute atomic E-state index is 6.52. The molecule has 0 aliphatic carbocycles. The van der Waals surface area contributed by atoms with E-state index < -0.39 is 0 Å². The first-order valence-electron chi connectivity index (χ1n) is 17.2. The van der Waals surface area contributed by atoms with E-state index in [1.807, 2.05) is 18.2 Å². The second kappa shape index (κ2) is 11.7. The summed E-state index contributed by atoms with van der Waals surface area (Å²) < 4.78 is 8.87. The molecule has 0 unspecified atom stereocenters. The van der Waals surface area contributed by atoms with E-state index in [0.29, 0.717) is 5.82 Å². The Morgan fingerprint density at radius 2 is 1.08 bits per heavy atom. The standard InChI is InChI=1S/C47H31N3O/c1-30-21-27-34(28-22-30)50-42-18-7-5-14-39(42)45-37(16-10-19-43(45)50)40-29-41(38-17-9-15-36-35-13-6-8-20-44(35)51-46(36)38)49-47(48-40)33-25-23-32(24-26-33)31-11-3-2-4-12-31/h2-29H,1H3. The van der Waals surface area contributed by atoms with Crippen LogP contribution in [0.15, 0.2) is 174 Å². The molecule has 0 fully saturated rings. The van der Waals surface area contributed by atoms with E-state index in [9.17, 15) is 0 Å². The Labute approximate surface area is 294 Å². The lowest BCUT2D eigenvalue weighted by atomic mass is 10.00. The second-order valence-corrected chi connectivity index (χ2v) is 13.1. The minimum atomic E-state index is 0.662. The Hall–Kier alpha value is -6.78. The molecule has 0 aliphatic rings. The Kier molecular flexibility index (Phi) is 6.68. The predicted molar refractivity (Wildman–Crippen MR) is 210 cm³/mol. The van der Waals surface area contributed by atoms with Gasteiger partial charge in [0.1, 0.15) is 11.2 Å². The van der Waals surface area contributed by atoms with Gasteiger partial charge in [0.15, 0.2) is 5.82 Å². The zero-order valence-corrected chi connectivity index (χ0v) is 27.9. The summed E-state index contributed by atoms with van der Waals surface area (Å²) in [5.74, 6) is 0.662. The third kappa shape index (κ3) is 4.84. The first kappa shape index (κ1) is 29.2. The molecule has 240 valence electrons. The van der Waals surface area contributed by atoms with Gasteiger partial charge in [0.05, 0.1) is 22.4 Å². The molecule has 3 heterocycles. The van der Waals surface area contributed by atoms with Crippen LogP contribution in [0.3, 0.4) is 0 Å². The summed E-state index contributed by atoms with van der Waals surface area (Å²) in [4.78, 5) is 10.6. The van der Waals surface area contributed by atoms with Gasteiger partial charge in [0.25, 0.3) is 0 Å². The monoisotopic (exact) mass is 653 g/mol. The number of rotatable bonds is 5. The van der Waals surface area contributed by atoms with Crippen molar-refractivity contribution in [3.63, 3.8) is 0 Å². The Bertz CT molecular complexity index is 2900. The third-order valence-electron chi connectivity index (χ3n) is 9.92. The van der Waals surface area contributed by atoms with Crippen LogP contribution in [-0.2, 0) is 0 Å². The molecule has 10 rings (SSSR count). The Balaban J connectivity index is 1.23. The fraction of sp³-hybridized carbons (Fsp3) is 0.0213. The minimum absolute atomic E-state index is 0.662. The molecule has 0 atom stereocenters. The molecule has 4 heteroatoms. The second-order valence-electron chi connectivity index (χ2n) is 13.1. The van der Waals surface area contributed by atoms with E-state index in [0.717, 1.165) is 77.7 Å². The topological polar surface area (TPSA) is 43.9 Å². The number of aromatic nitrogens is 3. The Morgan fingerprint density at radius 3 is 1.90 bits per heavy atom. The number of hydrogen-bond donors (Lipinski definition) is 0. The van der Waals surface area contributed by atoms with E-state index in [-0.39, 0.29) is 0 Å². The van der Waals surface area contributed by atoms with Crippen LogP contribution >= 0.6 is 0 Å². The highest BCUT2D eigenvalue weighted by Gasteiger charge is 2.20. The first-order valence-corrected chi connectivity index (χ1v) is 17.2. The van der Waals surface area contributed by atoms with Gasteiger partial charge in [-0.2, -0.15) is 0 Å². The normalized spacial score (nSPS) is 11.6. The van der Waals surface area contributed by atoms with E-state index >= 15 is 0 Å². The molecule has 0 radical (unpaired) electrons. The molecule has 10 aromatic rings. The van der Waals surface area contributed by atoms with Crippen molar-refractivity contribution in [3.8, 4) is 50.7 Å². The predicted octanol–water partition coefficient (Wildman–Crippen LogP) is 12.4. The zero-order valence-electron chi connectivity index (χ0n) is 27.9. The summed E-state index contributed by atoms with van der Waals surface area (Å²) in [5, 5.41) is 4.50. The van der Waals surface area contributed by atoms with Gasteiger partial charge >= 0.3 is 0 Å². The smallest absolute Gasteiger partial charge is 0.160 e. The number of aryl methyl sites for hydroxylation is 1. The van der Waals surface area contributed by atoms with Crippen molar-refractivity contribution in [2.24, 2.45) is 0 Å². The van der Waals surface area contributed by atoms with Crippen LogP contribution in [0.4, 0.5) is 0 Å². The molecule has 0 spiro atoms. The first-order chi connectivity index (χ1) is 25.2. The molecule has 0 amide bonds. The van der Waals surface area contributed by atoms with Gasteiger partial charge in [-0.25, -0.2) is 9.97 Å². The molecule has 0 saturated heterocycles. The van der Waals surface area contributed by atoms with Crippen LogP contribution in [0.25, 0.3) is 94.5 Å². The fourth-order valence-electron chi connectivity index (χ4n) is 7.45. The molecule has 3 aromatic heterocycles. The molecule has 0 N–H and O–H groups in total. The van der Waals surface area contributed by atoms with E-state index in [2.05, 4.69) is 163 Å². The van der Waals surface area contributed by atoms with Crippen LogP contribution < -0.4 is 0 Å². The van der Waals surface area contributed by atoms with E-state index in [1.165, 1.54) is 16.5 Å². The van der Waals surface area contributed by atoms with Crippen LogP contribution in [0, 0.1) is 6.92 Å². The number of fused-ring (bicyclic) bond motifs is 6. The van der Waals surface area contributed by atoms with Crippen LogP contribution in [-0.4, -0.2) is 14.5 Å². The molecule has 7 aromatic carbocycles. The van der Waals surface area contributed by atoms with Gasteiger partial charge < -0.3 is 8.98 Å². The van der Waals surface area contributed by atoms with Crippen molar-refractivity contribution < 1.29 is 4.42 Å². The summed E-state index contributed by atoms with van der Waals surface area (Å²) in [6.07, 6.45) is 0. The van der Waals surface area contributed by atoms with Crippen LogP contribution in [0.5, 0.6) is 0 Å². The number of hydrogen-bond acceptors (Lipinski definition) is 3. The summed E-state index contributed by atoms with van der Waals surface area (Å²) >= 11 is 0. The molecular weight excluding hydrogens is 623 g/mol. The van der Waals surface area contributed by atoms with Crippen molar-refractivity contribution in [1.82, 2.24) is 14.5 Å². The number of nitrogens with zero attached hydrogens (tertiary/aromatic N) is 3. The molecular formula is C47H31N3O. The van der Waals surface area contributed by atoms with Crippen molar-refractivity contribution in [3.05, 3.63) is 175 Å². The summed E-state index contributed by atoms with van der Waals surface area (Å²) in [6, 6.07) is 59.5. The van der Waals surface area contributed by atoms with Gasteiger partial charge in [-0.3, -0.25) is 0 Å². The summed E-state index contributed by atoms with van der Waals surface area (Å²) in [7, 11) is 0. The highest BCUT2D eigenvalue weighted by molar-refractivity contribution is 6.16. The zero-order chi connectivity index (χ0) is 33.9. The van der Waals surface area contributed by atoms with Gasteiger partial charge in [-0.05, 0) is 60.5 Å². The SMILES string of the molecule is Cc1ccc(-n2c3ccccc3c3c(-c4cc(-c5cccc6c5oc5ccccc56)nc(-c5ccc(-c6ccccc6)cc5)n4)cccc32)cc1. The maximum Gasteiger partial charge on any atom is 0.160 e. The largest absolute Gasteiger partial charge is 0.455 e. The lowest BCUT2D eigenvalue weighted by molar-refractivity contribution is 0.670. The quantitative estimate of drug-likeness (QED) is 0.186. The average Bonchev–Trinajstić information content (AvgIpc) is 3.75. The highest BCUT2D eigenvalue weighted by atomic mass is 16.3. The van der Waals surface area contributed by atoms with Crippen molar-refractivity contribution in [1.29, 1.82) is 0 Å². The van der Waals surface area contributed by atoms with Gasteiger partial charge in [0.2, 0.25) is 0 Å². The molecule has 0 aliphatic heterocycles. The maximum atomic E-state index is 6.52. The van der Waals surface area contributed by atoms with E-state index in [1.54, 1.807) is 0 Å². The van der Waals surface area contributed by atoms with Crippen LogP contribution in [0.2, 0.25) is 0 Å². The lowest BCUT2D eigenvalue weighted by Crippen LogP contribution is -1.97. The lowest BCUT2D eigenvalue weighted by Gasteiger charge is -2.12. The molecule has 0 bridgehead atoms. The molecule has 51 heavy (non-hydrogen) atoms. The van der Waals surface area contributed by atoms with Crippen molar-refractivity contribution >= 4 is 43.7 Å². The van der Waals surface area contributed by atoms with Gasteiger partial charge in [-0.1, -0.05) is 133 Å². The molecule has 4 nitrogen and oxygen atoms in total. The van der Waals surface area contributed by atoms with E-state index in [4.69, 9.17) is 14.4 Å². The van der Waals surface area contributed by atoms with Gasteiger partial charge in [-0.15, -0.1) is 0 Å². The summed E-state index contributed by atoms with van der Waals surface area (Å²) in [5.41, 5.74) is 13.3. The van der Waals surface area contributed by atoms with Gasteiger partial charge in [0, 0.05) is 43.9 Å². The highest BCUT2D eigenvalue weighted by Crippen LogP contribution is 2.41. The third-order valence-corrected chi connectivity index (χ3v) is 9.92. The summed E-state index contributed by atoms with van der Waals surface area (Å²) in [6.45, 7) is 2.12.